The van der Waals surface area contributed by atoms with E-state index < -0.39 is 11.8 Å². The zero-order chi connectivity index (χ0) is 20.0. The van der Waals surface area contributed by atoms with Gasteiger partial charge in [0.2, 0.25) is 11.8 Å². The maximum Gasteiger partial charge on any atom is 0.270 e. The number of anilines is 2. The number of amides is 4. The van der Waals surface area contributed by atoms with Gasteiger partial charge in [-0.25, -0.2) is 0 Å². The number of benzene rings is 2. The first kappa shape index (κ1) is 20.1. The number of hydrazine groups is 1. The first-order chi connectivity index (χ1) is 12.8. The Morgan fingerprint density at radius 2 is 1.30 bits per heavy atom. The molecule has 0 unspecified atom stereocenters. The van der Waals surface area contributed by atoms with Crippen LogP contribution in [0.1, 0.15) is 34.6 Å². The number of halogens is 1. The van der Waals surface area contributed by atoms with Gasteiger partial charge in [0, 0.05) is 35.3 Å². The molecule has 140 valence electrons. The Labute approximate surface area is 163 Å². The SMILES string of the molecule is CC(=O)Nc1cc(NC(C)=O)cc(C(=O)NNC(=O)c2ccccc2Br)c1. The van der Waals surface area contributed by atoms with Crippen molar-refractivity contribution in [2.45, 2.75) is 13.8 Å². The number of hydrogen-bond acceptors (Lipinski definition) is 4. The summed E-state index contributed by atoms with van der Waals surface area (Å²) in [6.45, 7) is 2.64. The third-order valence-corrected chi connectivity index (χ3v) is 3.94. The summed E-state index contributed by atoms with van der Waals surface area (Å²) in [6, 6.07) is 11.1. The summed E-state index contributed by atoms with van der Waals surface area (Å²) in [5.41, 5.74) is 5.76. The minimum Gasteiger partial charge on any atom is -0.326 e. The van der Waals surface area contributed by atoms with E-state index in [1.54, 1.807) is 24.3 Å². The van der Waals surface area contributed by atoms with Crippen LogP contribution >= 0.6 is 15.9 Å². The highest BCUT2D eigenvalue weighted by atomic mass is 79.9. The zero-order valence-corrected chi connectivity index (χ0v) is 16.1. The third kappa shape index (κ3) is 5.93. The maximum absolute atomic E-state index is 12.4. The topological polar surface area (TPSA) is 116 Å². The van der Waals surface area contributed by atoms with E-state index in [0.717, 1.165) is 0 Å². The maximum atomic E-state index is 12.4. The molecule has 0 bridgehead atoms. The Morgan fingerprint density at radius 1 is 0.778 bits per heavy atom. The van der Waals surface area contributed by atoms with E-state index in [0.29, 0.717) is 21.4 Å². The van der Waals surface area contributed by atoms with Crippen LogP contribution in [0.25, 0.3) is 0 Å². The molecule has 4 N–H and O–H groups in total. The highest BCUT2D eigenvalue weighted by Gasteiger charge is 2.13. The van der Waals surface area contributed by atoms with Gasteiger partial charge >= 0.3 is 0 Å². The Morgan fingerprint density at radius 3 is 1.81 bits per heavy atom. The summed E-state index contributed by atoms with van der Waals surface area (Å²) in [5, 5.41) is 5.10. The van der Waals surface area contributed by atoms with Crippen molar-refractivity contribution in [1.29, 1.82) is 0 Å². The van der Waals surface area contributed by atoms with Crippen LogP contribution in [-0.4, -0.2) is 23.6 Å². The molecule has 0 heterocycles. The van der Waals surface area contributed by atoms with Crippen LogP contribution in [0.3, 0.4) is 0 Å². The molecule has 9 heteroatoms. The van der Waals surface area contributed by atoms with Crippen LogP contribution in [0.15, 0.2) is 46.9 Å². The molecule has 27 heavy (non-hydrogen) atoms. The highest BCUT2D eigenvalue weighted by Crippen LogP contribution is 2.19. The van der Waals surface area contributed by atoms with E-state index >= 15 is 0 Å². The molecule has 0 aliphatic rings. The summed E-state index contributed by atoms with van der Waals surface area (Å²) in [6.07, 6.45) is 0. The predicted octanol–water partition coefficient (Wildman–Crippen LogP) is 2.44. The predicted molar refractivity (Wildman–Crippen MR) is 104 cm³/mol. The van der Waals surface area contributed by atoms with Gasteiger partial charge in [-0.1, -0.05) is 12.1 Å². The Balaban J connectivity index is 2.16. The molecule has 0 aliphatic heterocycles. The van der Waals surface area contributed by atoms with Crippen LogP contribution in [-0.2, 0) is 9.59 Å². The van der Waals surface area contributed by atoms with Crippen molar-refractivity contribution in [3.05, 3.63) is 58.1 Å². The van der Waals surface area contributed by atoms with Gasteiger partial charge in [0.1, 0.15) is 0 Å². The smallest absolute Gasteiger partial charge is 0.270 e. The lowest BCUT2D eigenvalue weighted by Crippen LogP contribution is -2.41. The number of nitrogens with one attached hydrogen (secondary N) is 4. The normalized spacial score (nSPS) is 9.89. The van der Waals surface area contributed by atoms with Crippen molar-refractivity contribution < 1.29 is 19.2 Å². The lowest BCUT2D eigenvalue weighted by atomic mass is 10.1. The molecular formula is C18H17BrN4O4. The van der Waals surface area contributed by atoms with Crippen molar-refractivity contribution in [2.24, 2.45) is 0 Å². The monoisotopic (exact) mass is 432 g/mol. The fraction of sp³-hybridized carbons (Fsp3) is 0.111. The molecule has 2 aromatic rings. The van der Waals surface area contributed by atoms with E-state index in [9.17, 15) is 19.2 Å². The Hall–Kier alpha value is -3.20. The molecule has 0 atom stereocenters. The van der Waals surface area contributed by atoms with Crippen molar-refractivity contribution >= 4 is 50.9 Å². The molecule has 0 spiro atoms. The molecule has 0 aromatic heterocycles. The quantitative estimate of drug-likeness (QED) is 0.555. The molecule has 2 aromatic carbocycles. The molecule has 0 radical (unpaired) electrons. The molecular weight excluding hydrogens is 416 g/mol. The molecule has 2 rings (SSSR count). The largest absolute Gasteiger partial charge is 0.326 e. The number of hydrogen-bond donors (Lipinski definition) is 4. The van der Waals surface area contributed by atoms with Gasteiger partial charge in [-0.2, -0.15) is 0 Å². The van der Waals surface area contributed by atoms with Crippen molar-refractivity contribution in [3.8, 4) is 0 Å². The average Bonchev–Trinajstić information content (AvgIpc) is 2.58. The summed E-state index contributed by atoms with van der Waals surface area (Å²) in [5.74, 6) is -1.78. The minimum absolute atomic E-state index is 0.137. The fourth-order valence-corrected chi connectivity index (χ4v) is 2.67. The Bertz CT molecular complexity index is 880. The van der Waals surface area contributed by atoms with E-state index in [-0.39, 0.29) is 17.4 Å². The molecule has 4 amide bonds. The van der Waals surface area contributed by atoms with Gasteiger partial charge in [-0.15, -0.1) is 0 Å². The van der Waals surface area contributed by atoms with Gasteiger partial charge in [0.05, 0.1) is 5.56 Å². The molecule has 0 saturated heterocycles. The highest BCUT2D eigenvalue weighted by molar-refractivity contribution is 9.10. The molecule has 0 aliphatic carbocycles. The summed E-state index contributed by atoms with van der Waals surface area (Å²) in [4.78, 5) is 47.1. The molecule has 0 saturated carbocycles. The van der Waals surface area contributed by atoms with Crippen molar-refractivity contribution in [1.82, 2.24) is 10.9 Å². The van der Waals surface area contributed by atoms with Gasteiger partial charge < -0.3 is 10.6 Å². The first-order valence-corrected chi connectivity index (χ1v) is 8.61. The first-order valence-electron chi connectivity index (χ1n) is 7.81. The average molecular weight is 433 g/mol. The number of carbonyl (C=O) groups is 4. The molecule has 8 nitrogen and oxygen atoms in total. The van der Waals surface area contributed by atoms with Gasteiger partial charge in [-0.05, 0) is 46.3 Å². The third-order valence-electron chi connectivity index (χ3n) is 3.24. The summed E-state index contributed by atoms with van der Waals surface area (Å²) >= 11 is 3.26. The Kier molecular flexibility index (Phi) is 6.67. The van der Waals surface area contributed by atoms with Crippen molar-refractivity contribution in [2.75, 3.05) is 10.6 Å². The van der Waals surface area contributed by atoms with E-state index in [1.807, 2.05) is 0 Å². The van der Waals surface area contributed by atoms with Crippen LogP contribution in [0.4, 0.5) is 11.4 Å². The second-order valence-corrected chi connectivity index (χ2v) is 6.40. The van der Waals surface area contributed by atoms with E-state index in [1.165, 1.54) is 32.0 Å². The van der Waals surface area contributed by atoms with Crippen LogP contribution < -0.4 is 21.5 Å². The van der Waals surface area contributed by atoms with Gasteiger partial charge in [0.15, 0.2) is 0 Å². The van der Waals surface area contributed by atoms with Gasteiger partial charge in [0.25, 0.3) is 11.8 Å². The minimum atomic E-state index is -0.616. The standard InChI is InChI=1S/C18H17BrN4O4/c1-10(24)20-13-7-12(8-14(9-13)21-11(2)25)17(26)22-23-18(27)15-5-3-4-6-16(15)19/h3-9H,1-2H3,(H,20,24)(H,21,25)(H,22,26)(H,23,27). The fourth-order valence-electron chi connectivity index (χ4n) is 2.21. The second-order valence-electron chi connectivity index (χ2n) is 5.55. The van der Waals surface area contributed by atoms with Gasteiger partial charge in [-0.3, -0.25) is 30.0 Å². The van der Waals surface area contributed by atoms with Crippen LogP contribution in [0, 0.1) is 0 Å². The van der Waals surface area contributed by atoms with E-state index in [2.05, 4.69) is 37.4 Å². The van der Waals surface area contributed by atoms with Crippen LogP contribution in [0.2, 0.25) is 0 Å². The number of carbonyl (C=O) groups excluding carboxylic acids is 4. The number of rotatable bonds is 4. The van der Waals surface area contributed by atoms with E-state index in [4.69, 9.17) is 0 Å². The second kappa shape index (κ2) is 8.95. The zero-order valence-electron chi connectivity index (χ0n) is 14.6. The van der Waals surface area contributed by atoms with Crippen LogP contribution in [0.5, 0.6) is 0 Å². The lowest BCUT2D eigenvalue weighted by molar-refractivity contribution is -0.115. The summed E-state index contributed by atoms with van der Waals surface area (Å²) in [7, 11) is 0. The molecule has 0 fully saturated rings. The lowest BCUT2D eigenvalue weighted by Gasteiger charge is -2.12. The summed E-state index contributed by atoms with van der Waals surface area (Å²) < 4.78 is 0.581. The van der Waals surface area contributed by atoms with Crippen molar-refractivity contribution in [3.63, 3.8) is 0 Å².